The first-order valence-electron chi connectivity index (χ1n) is 13.0. The molecule has 1 fully saturated rings. The molecule has 2 unspecified atom stereocenters. The number of carbonyl (C=O) groups is 2. The van der Waals surface area contributed by atoms with E-state index >= 15 is 0 Å². The Bertz CT molecular complexity index is 1070. The molecule has 2 aromatic carbocycles. The van der Waals surface area contributed by atoms with Gasteiger partial charge in [0.2, 0.25) is 0 Å². The number of amides is 1. The van der Waals surface area contributed by atoms with Crippen molar-refractivity contribution in [2.75, 3.05) is 19.0 Å². The Balaban J connectivity index is 1.99. The number of ether oxygens (including phenoxy) is 1. The molecule has 37 heavy (non-hydrogen) atoms. The number of carboxylic acids is 1. The number of anilines is 1. The maximum absolute atomic E-state index is 14.4. The Labute approximate surface area is 229 Å². The summed E-state index contributed by atoms with van der Waals surface area (Å²) in [5.74, 6) is -1.50. The molecule has 0 aromatic heterocycles. The average molecular weight is 594 g/mol. The summed E-state index contributed by atoms with van der Waals surface area (Å²) in [5, 5.41) is 14.0. The number of rotatable bonds is 12. The minimum absolute atomic E-state index is 0.0629. The molecule has 2 atom stereocenters. The summed E-state index contributed by atoms with van der Waals surface area (Å²) in [6, 6.07) is 10.4. The van der Waals surface area contributed by atoms with Crippen molar-refractivity contribution in [1.29, 1.82) is 0 Å². The van der Waals surface area contributed by atoms with E-state index in [4.69, 9.17) is 16.3 Å². The fourth-order valence-electron chi connectivity index (χ4n) is 5.11. The molecule has 0 aliphatic heterocycles. The quantitative estimate of drug-likeness (QED) is 0.274. The van der Waals surface area contributed by atoms with Gasteiger partial charge < -0.3 is 0 Å². The third-order valence-corrected chi connectivity index (χ3v) is 14.5. The number of nitrogens with one attached hydrogen (secondary N) is 1. The van der Waals surface area contributed by atoms with Crippen LogP contribution in [0, 0.1) is 11.7 Å². The van der Waals surface area contributed by atoms with Crippen LogP contribution in [-0.4, -0.2) is 45.4 Å². The topological polar surface area (TPSA) is 75.6 Å². The molecule has 8 heteroatoms. The van der Waals surface area contributed by atoms with Crippen molar-refractivity contribution >= 4 is 48.2 Å². The Hall–Kier alpha value is -1.88. The van der Waals surface area contributed by atoms with Crippen LogP contribution in [0.2, 0.25) is 14.9 Å². The van der Waals surface area contributed by atoms with E-state index in [0.29, 0.717) is 10.6 Å². The zero-order valence-electron chi connectivity index (χ0n) is 21.9. The first-order chi connectivity index (χ1) is 17.7. The van der Waals surface area contributed by atoms with Crippen LogP contribution in [0.15, 0.2) is 36.4 Å². The minimum atomic E-state index is -1.57. The molecule has 0 bridgehead atoms. The molecule has 1 aliphatic carbocycles. The Kier molecular flexibility index (Phi) is 11.5. The van der Waals surface area contributed by atoms with Crippen LogP contribution >= 0.6 is 11.6 Å². The Morgan fingerprint density at radius 3 is 2.51 bits per heavy atom. The summed E-state index contributed by atoms with van der Waals surface area (Å²) < 4.78 is 21.6. The van der Waals surface area contributed by atoms with Crippen LogP contribution in [0.1, 0.15) is 69.4 Å². The van der Waals surface area contributed by atoms with Crippen LogP contribution in [0.5, 0.6) is 0 Å². The molecule has 3 rings (SSSR count). The second-order valence-electron chi connectivity index (χ2n) is 10.3. The van der Waals surface area contributed by atoms with E-state index in [1.54, 1.807) is 13.2 Å². The van der Waals surface area contributed by atoms with Crippen LogP contribution in [-0.2, 0) is 20.7 Å². The molecule has 1 saturated carbocycles. The van der Waals surface area contributed by atoms with Gasteiger partial charge in [-0.1, -0.05) is 0 Å². The van der Waals surface area contributed by atoms with E-state index in [9.17, 15) is 19.1 Å². The number of carboxylic acid groups (broad SMARTS) is 1. The van der Waals surface area contributed by atoms with E-state index in [0.717, 1.165) is 16.5 Å². The van der Waals surface area contributed by atoms with Gasteiger partial charge in [0, 0.05) is 0 Å². The zero-order valence-corrected chi connectivity index (χ0v) is 24.6. The molecule has 2 N–H and O–H groups in total. The van der Waals surface area contributed by atoms with Gasteiger partial charge in [-0.2, -0.15) is 0 Å². The van der Waals surface area contributed by atoms with Crippen LogP contribution in [0.3, 0.4) is 0 Å². The molecule has 202 valence electrons. The van der Waals surface area contributed by atoms with Crippen LogP contribution < -0.4 is 9.67 Å². The fourth-order valence-corrected chi connectivity index (χ4v) is 12.3. The third kappa shape index (κ3) is 8.83. The SMILES string of the molecule is COCC(CC(=O)O)c1ccc([As](CC(C)C)C2CCCCC2)c(NC(=O)Cc2ccc(Cl)cc2F)c1. The number of hydrogen-bond donors (Lipinski definition) is 2. The maximum atomic E-state index is 14.4. The van der Waals surface area contributed by atoms with Gasteiger partial charge in [0.15, 0.2) is 0 Å². The summed E-state index contributed by atoms with van der Waals surface area (Å²) in [6.07, 6.45) is 6.06. The predicted molar refractivity (Wildman–Crippen MR) is 149 cm³/mol. The van der Waals surface area contributed by atoms with Crippen molar-refractivity contribution in [1.82, 2.24) is 0 Å². The number of methoxy groups -OCH3 is 1. The Morgan fingerprint density at radius 1 is 1.16 bits per heavy atom. The van der Waals surface area contributed by atoms with Gasteiger partial charge >= 0.3 is 230 Å². The van der Waals surface area contributed by atoms with Crippen molar-refractivity contribution in [3.63, 3.8) is 0 Å². The summed E-state index contributed by atoms with van der Waals surface area (Å²) in [5.41, 5.74) is 1.85. The van der Waals surface area contributed by atoms with Crippen molar-refractivity contribution in [3.05, 3.63) is 58.4 Å². The van der Waals surface area contributed by atoms with Crippen LogP contribution in [0.25, 0.3) is 0 Å². The van der Waals surface area contributed by atoms with E-state index < -0.39 is 26.4 Å². The normalized spacial score (nSPS) is 15.9. The van der Waals surface area contributed by atoms with E-state index in [-0.39, 0.29) is 41.9 Å². The second kappa shape index (κ2) is 14.3. The van der Waals surface area contributed by atoms with E-state index in [1.165, 1.54) is 48.6 Å². The van der Waals surface area contributed by atoms with Crippen molar-refractivity contribution < 1.29 is 23.8 Å². The Morgan fingerprint density at radius 2 is 1.89 bits per heavy atom. The van der Waals surface area contributed by atoms with Crippen LogP contribution in [0.4, 0.5) is 10.1 Å². The summed E-state index contributed by atoms with van der Waals surface area (Å²) >= 11 is 4.31. The summed E-state index contributed by atoms with van der Waals surface area (Å²) in [4.78, 5) is 24.7. The average Bonchev–Trinajstić information content (AvgIpc) is 2.84. The van der Waals surface area contributed by atoms with E-state index in [1.807, 2.05) is 12.1 Å². The molecular formula is C29H38AsClFNO4. The molecule has 0 saturated heterocycles. The second-order valence-corrected chi connectivity index (χ2v) is 16.0. The number of aliphatic carboxylic acids is 1. The van der Waals surface area contributed by atoms with Crippen molar-refractivity contribution in [2.24, 2.45) is 5.92 Å². The molecule has 0 spiro atoms. The van der Waals surface area contributed by atoms with Gasteiger partial charge in [-0.05, 0) is 0 Å². The monoisotopic (exact) mass is 593 g/mol. The number of benzene rings is 2. The molecule has 5 nitrogen and oxygen atoms in total. The number of halogens is 2. The standard InChI is InChI=1S/C29H38AsClFNO4/c1-19(2)17-30(23-7-5-4-6-8-23)25-12-10-20(22(18-37-3)15-29(35)36)13-27(25)33-28(34)14-21-9-11-24(31)16-26(21)32/h9-13,16,19,22-23H,4-8,14-15,17-18H2,1-3H3,(H,33,34)(H,35,36). The fraction of sp³-hybridized carbons (Fsp3) is 0.517. The van der Waals surface area contributed by atoms with Crippen molar-refractivity contribution in [2.45, 2.75) is 74.6 Å². The third-order valence-electron chi connectivity index (χ3n) is 6.81. The molecule has 0 heterocycles. The van der Waals surface area contributed by atoms with Gasteiger partial charge in [-0.25, -0.2) is 0 Å². The van der Waals surface area contributed by atoms with Gasteiger partial charge in [0.25, 0.3) is 0 Å². The van der Waals surface area contributed by atoms with Gasteiger partial charge in [-0.3, -0.25) is 0 Å². The van der Waals surface area contributed by atoms with Crippen molar-refractivity contribution in [3.8, 4) is 0 Å². The summed E-state index contributed by atoms with van der Waals surface area (Å²) in [6.45, 7) is 4.77. The molecular weight excluding hydrogens is 556 g/mol. The first-order valence-corrected chi connectivity index (χ1v) is 16.8. The van der Waals surface area contributed by atoms with Gasteiger partial charge in [0.1, 0.15) is 0 Å². The summed E-state index contributed by atoms with van der Waals surface area (Å²) in [7, 11) is 1.56. The van der Waals surface area contributed by atoms with Gasteiger partial charge in [-0.15, -0.1) is 0 Å². The van der Waals surface area contributed by atoms with Gasteiger partial charge in [0.05, 0.1) is 0 Å². The number of carbonyl (C=O) groups excluding carboxylic acids is 1. The van der Waals surface area contributed by atoms with E-state index in [2.05, 4.69) is 25.2 Å². The molecule has 1 aliphatic rings. The molecule has 2 aromatic rings. The number of hydrogen-bond acceptors (Lipinski definition) is 3. The molecule has 1 amide bonds. The first kappa shape index (κ1) is 29.7. The molecule has 0 radical (unpaired) electrons. The predicted octanol–water partition coefficient (Wildman–Crippen LogP) is 6.56. The zero-order chi connectivity index (χ0) is 26.9.